The Morgan fingerprint density at radius 3 is 2.41 bits per heavy atom. The molecular formula is C22H25N5. The van der Waals surface area contributed by atoms with Crippen molar-refractivity contribution in [1.82, 2.24) is 9.97 Å². The van der Waals surface area contributed by atoms with Gasteiger partial charge in [0.25, 0.3) is 0 Å². The first-order chi connectivity index (χ1) is 13.3. The highest BCUT2D eigenvalue weighted by molar-refractivity contribution is 5.61. The summed E-state index contributed by atoms with van der Waals surface area (Å²) in [5.74, 6) is 1.40. The van der Waals surface area contributed by atoms with E-state index in [1.807, 2.05) is 24.3 Å². The molecule has 5 nitrogen and oxygen atoms in total. The van der Waals surface area contributed by atoms with Crippen LogP contribution in [-0.4, -0.2) is 23.1 Å². The molecule has 0 radical (unpaired) electrons. The van der Waals surface area contributed by atoms with Crippen LogP contribution in [0, 0.1) is 0 Å². The van der Waals surface area contributed by atoms with Crippen LogP contribution >= 0.6 is 0 Å². The molecule has 2 N–H and O–H groups in total. The van der Waals surface area contributed by atoms with Crippen LogP contribution in [0.3, 0.4) is 0 Å². The smallest absolute Gasteiger partial charge is 0.225 e. The second kappa shape index (κ2) is 8.08. The van der Waals surface area contributed by atoms with Crippen LogP contribution in [0.5, 0.6) is 0 Å². The van der Waals surface area contributed by atoms with E-state index >= 15 is 0 Å². The molecule has 3 aromatic rings. The molecule has 1 aliphatic rings. The van der Waals surface area contributed by atoms with E-state index < -0.39 is 0 Å². The van der Waals surface area contributed by atoms with Gasteiger partial charge in [0, 0.05) is 30.7 Å². The Kier molecular flexibility index (Phi) is 5.19. The fraction of sp³-hybridized carbons (Fsp3) is 0.273. The second-order valence-corrected chi connectivity index (χ2v) is 6.91. The van der Waals surface area contributed by atoms with Gasteiger partial charge in [-0.05, 0) is 55.7 Å². The molecule has 1 fully saturated rings. The van der Waals surface area contributed by atoms with Crippen molar-refractivity contribution < 1.29 is 0 Å². The van der Waals surface area contributed by atoms with Crippen molar-refractivity contribution in [3.63, 3.8) is 0 Å². The van der Waals surface area contributed by atoms with Gasteiger partial charge in [0.2, 0.25) is 5.95 Å². The van der Waals surface area contributed by atoms with Gasteiger partial charge >= 0.3 is 0 Å². The quantitative estimate of drug-likeness (QED) is 0.649. The molecule has 0 amide bonds. The number of nitrogens with zero attached hydrogens (tertiary/aromatic N) is 3. The fourth-order valence-corrected chi connectivity index (χ4v) is 3.40. The van der Waals surface area contributed by atoms with Crippen LogP contribution < -0.4 is 15.5 Å². The van der Waals surface area contributed by atoms with Gasteiger partial charge < -0.3 is 15.5 Å². The van der Waals surface area contributed by atoms with Crippen LogP contribution in [0.15, 0.2) is 66.9 Å². The van der Waals surface area contributed by atoms with Crippen molar-refractivity contribution in [2.45, 2.75) is 25.8 Å². The molecule has 1 unspecified atom stereocenters. The van der Waals surface area contributed by atoms with E-state index in [4.69, 9.17) is 0 Å². The molecule has 0 bridgehead atoms. The Labute approximate surface area is 160 Å². The first-order valence-corrected chi connectivity index (χ1v) is 9.54. The molecule has 4 rings (SSSR count). The van der Waals surface area contributed by atoms with Crippen LogP contribution in [0.1, 0.15) is 31.4 Å². The van der Waals surface area contributed by atoms with Crippen molar-refractivity contribution in [3.05, 3.63) is 72.4 Å². The topological polar surface area (TPSA) is 53.1 Å². The lowest BCUT2D eigenvalue weighted by Crippen LogP contribution is -2.17. The summed E-state index contributed by atoms with van der Waals surface area (Å²) >= 11 is 0. The highest BCUT2D eigenvalue weighted by Gasteiger charge is 2.12. The monoisotopic (exact) mass is 359 g/mol. The third-order valence-corrected chi connectivity index (χ3v) is 4.91. The van der Waals surface area contributed by atoms with Crippen LogP contribution in [0.25, 0.3) is 0 Å². The molecule has 2 aromatic carbocycles. The minimum absolute atomic E-state index is 0.140. The summed E-state index contributed by atoms with van der Waals surface area (Å²) in [5.41, 5.74) is 3.52. The van der Waals surface area contributed by atoms with E-state index in [1.165, 1.54) is 24.1 Å². The number of benzene rings is 2. The summed E-state index contributed by atoms with van der Waals surface area (Å²) in [5, 5.41) is 6.73. The molecule has 1 aliphatic heterocycles. The van der Waals surface area contributed by atoms with E-state index in [1.54, 1.807) is 6.20 Å². The zero-order valence-corrected chi connectivity index (χ0v) is 15.6. The molecule has 27 heavy (non-hydrogen) atoms. The van der Waals surface area contributed by atoms with E-state index in [0.29, 0.717) is 5.95 Å². The standard InChI is InChI=1S/C22H25N5/c1-17(18-7-3-2-4-8-18)24-22-23-14-13-21(26-22)25-19-9-11-20(12-10-19)27-15-5-6-16-27/h2-4,7-14,17H,5-6,15-16H2,1H3,(H2,23,24,25,26). The van der Waals surface area contributed by atoms with Gasteiger partial charge in [-0.25, -0.2) is 4.98 Å². The van der Waals surface area contributed by atoms with Crippen molar-refractivity contribution in [1.29, 1.82) is 0 Å². The number of anilines is 4. The summed E-state index contributed by atoms with van der Waals surface area (Å²) in [6, 6.07) is 20.9. The Morgan fingerprint density at radius 2 is 1.67 bits per heavy atom. The molecule has 0 aliphatic carbocycles. The minimum Gasteiger partial charge on any atom is -0.372 e. The number of rotatable bonds is 6. The zero-order valence-electron chi connectivity index (χ0n) is 15.6. The molecular weight excluding hydrogens is 334 g/mol. The lowest BCUT2D eigenvalue weighted by Gasteiger charge is -2.18. The van der Waals surface area contributed by atoms with Crippen molar-refractivity contribution in [2.24, 2.45) is 0 Å². The second-order valence-electron chi connectivity index (χ2n) is 6.91. The minimum atomic E-state index is 0.140. The summed E-state index contributed by atoms with van der Waals surface area (Å²) in [7, 11) is 0. The Morgan fingerprint density at radius 1 is 0.926 bits per heavy atom. The maximum Gasteiger partial charge on any atom is 0.225 e. The van der Waals surface area contributed by atoms with Gasteiger partial charge in [0.05, 0.1) is 6.04 Å². The van der Waals surface area contributed by atoms with E-state index in [-0.39, 0.29) is 6.04 Å². The highest BCUT2D eigenvalue weighted by atomic mass is 15.2. The predicted molar refractivity (Wildman–Crippen MR) is 112 cm³/mol. The van der Waals surface area contributed by atoms with Gasteiger partial charge in [-0.1, -0.05) is 30.3 Å². The number of hydrogen-bond acceptors (Lipinski definition) is 5. The number of nitrogens with one attached hydrogen (secondary N) is 2. The summed E-state index contributed by atoms with van der Waals surface area (Å²) in [6.07, 6.45) is 4.35. The van der Waals surface area contributed by atoms with Gasteiger partial charge in [0.15, 0.2) is 0 Å². The highest BCUT2D eigenvalue weighted by Crippen LogP contribution is 2.24. The van der Waals surface area contributed by atoms with Gasteiger partial charge in [-0.3, -0.25) is 0 Å². The van der Waals surface area contributed by atoms with Crippen molar-refractivity contribution in [2.75, 3.05) is 28.6 Å². The van der Waals surface area contributed by atoms with Crippen LogP contribution in [-0.2, 0) is 0 Å². The van der Waals surface area contributed by atoms with Crippen LogP contribution in [0.2, 0.25) is 0 Å². The van der Waals surface area contributed by atoms with E-state index in [9.17, 15) is 0 Å². The molecule has 138 valence electrons. The lowest BCUT2D eigenvalue weighted by molar-refractivity contribution is 0.861. The summed E-state index contributed by atoms with van der Waals surface area (Å²) in [4.78, 5) is 11.4. The van der Waals surface area contributed by atoms with Gasteiger partial charge in [-0.15, -0.1) is 0 Å². The van der Waals surface area contributed by atoms with Crippen LogP contribution in [0.4, 0.5) is 23.1 Å². The van der Waals surface area contributed by atoms with E-state index in [2.05, 4.69) is 68.8 Å². The maximum absolute atomic E-state index is 4.59. The lowest BCUT2D eigenvalue weighted by atomic mass is 10.1. The molecule has 1 atom stereocenters. The van der Waals surface area contributed by atoms with Gasteiger partial charge in [-0.2, -0.15) is 4.98 Å². The average molecular weight is 359 g/mol. The Bertz CT molecular complexity index is 857. The fourth-order valence-electron chi connectivity index (χ4n) is 3.40. The zero-order chi connectivity index (χ0) is 18.5. The molecule has 0 spiro atoms. The SMILES string of the molecule is CC(Nc1nccc(Nc2ccc(N3CCCC3)cc2)n1)c1ccccc1. The normalized spacial score (nSPS) is 14.8. The largest absolute Gasteiger partial charge is 0.372 e. The van der Waals surface area contributed by atoms with Gasteiger partial charge in [0.1, 0.15) is 5.82 Å². The first kappa shape index (κ1) is 17.3. The van der Waals surface area contributed by atoms with Crippen molar-refractivity contribution in [3.8, 4) is 0 Å². The summed E-state index contributed by atoms with van der Waals surface area (Å²) < 4.78 is 0. The number of hydrogen-bond donors (Lipinski definition) is 2. The molecule has 5 heteroatoms. The van der Waals surface area contributed by atoms with E-state index in [0.717, 1.165) is 24.6 Å². The first-order valence-electron chi connectivity index (χ1n) is 9.54. The molecule has 2 heterocycles. The molecule has 1 saturated heterocycles. The number of aromatic nitrogens is 2. The Hall–Kier alpha value is -3.08. The third-order valence-electron chi connectivity index (χ3n) is 4.91. The van der Waals surface area contributed by atoms with Crippen molar-refractivity contribution >= 4 is 23.1 Å². The summed E-state index contributed by atoms with van der Waals surface area (Å²) in [6.45, 7) is 4.43. The third kappa shape index (κ3) is 4.37. The predicted octanol–water partition coefficient (Wildman–Crippen LogP) is 4.99. The molecule has 0 saturated carbocycles. The molecule has 1 aromatic heterocycles. The maximum atomic E-state index is 4.59. The Balaban J connectivity index is 1.41. The average Bonchev–Trinajstić information content (AvgIpc) is 3.24.